The van der Waals surface area contributed by atoms with Crippen molar-refractivity contribution in [1.29, 1.82) is 0 Å². The summed E-state index contributed by atoms with van der Waals surface area (Å²) < 4.78 is 57.5. The van der Waals surface area contributed by atoms with E-state index in [0.717, 1.165) is 12.1 Å². The number of aliphatic hydroxyl groups is 1. The van der Waals surface area contributed by atoms with Crippen LogP contribution in [0.1, 0.15) is 18.4 Å². The fraction of sp³-hybridized carbons (Fsp3) is 0.500. The third kappa shape index (κ3) is 4.48. The highest BCUT2D eigenvalue weighted by molar-refractivity contribution is 7.89. The zero-order valence-electron chi connectivity index (χ0n) is 11.0. The van der Waals surface area contributed by atoms with E-state index in [0.29, 0.717) is 19.4 Å². The second kappa shape index (κ2) is 7.63. The van der Waals surface area contributed by atoms with E-state index in [1.165, 1.54) is 7.11 Å². The second-order valence-electron chi connectivity index (χ2n) is 4.15. The van der Waals surface area contributed by atoms with Crippen LogP contribution in [0.15, 0.2) is 17.0 Å². The number of methoxy groups -OCH3 is 1. The Balaban J connectivity index is 2.84. The molecule has 0 atom stereocenters. The van der Waals surface area contributed by atoms with Gasteiger partial charge in [0, 0.05) is 20.3 Å². The Labute approximate surface area is 116 Å². The average Bonchev–Trinajstić information content (AvgIpc) is 2.41. The fourth-order valence-electron chi connectivity index (χ4n) is 1.56. The summed E-state index contributed by atoms with van der Waals surface area (Å²) >= 11 is 0. The summed E-state index contributed by atoms with van der Waals surface area (Å²) in [6, 6.07) is 1.67. The van der Waals surface area contributed by atoms with E-state index in [2.05, 4.69) is 4.72 Å². The van der Waals surface area contributed by atoms with Gasteiger partial charge in [0.1, 0.15) is 4.90 Å². The van der Waals surface area contributed by atoms with E-state index < -0.39 is 33.2 Å². The molecule has 114 valence electrons. The first-order chi connectivity index (χ1) is 9.42. The zero-order valence-corrected chi connectivity index (χ0v) is 11.8. The topological polar surface area (TPSA) is 75.6 Å². The van der Waals surface area contributed by atoms with Gasteiger partial charge >= 0.3 is 0 Å². The number of rotatable bonds is 8. The van der Waals surface area contributed by atoms with Gasteiger partial charge in [0.15, 0.2) is 11.6 Å². The Morgan fingerprint density at radius 3 is 2.60 bits per heavy atom. The lowest BCUT2D eigenvalue weighted by molar-refractivity contribution is 0.193. The Morgan fingerprint density at radius 1 is 1.30 bits per heavy atom. The first-order valence-corrected chi connectivity index (χ1v) is 7.48. The van der Waals surface area contributed by atoms with Crippen molar-refractivity contribution >= 4 is 10.0 Å². The van der Waals surface area contributed by atoms with Crippen LogP contribution in [0.4, 0.5) is 8.78 Å². The van der Waals surface area contributed by atoms with E-state index in [1.807, 2.05) is 0 Å². The summed E-state index contributed by atoms with van der Waals surface area (Å²) in [4.78, 5) is -0.798. The van der Waals surface area contributed by atoms with Crippen LogP contribution in [0.3, 0.4) is 0 Å². The Kier molecular flexibility index (Phi) is 6.47. The van der Waals surface area contributed by atoms with Crippen LogP contribution in [-0.4, -0.2) is 33.8 Å². The smallest absolute Gasteiger partial charge is 0.243 e. The van der Waals surface area contributed by atoms with E-state index in [4.69, 9.17) is 9.84 Å². The quantitative estimate of drug-likeness (QED) is 0.707. The van der Waals surface area contributed by atoms with Gasteiger partial charge < -0.3 is 9.84 Å². The van der Waals surface area contributed by atoms with E-state index in [1.54, 1.807) is 0 Å². The van der Waals surface area contributed by atoms with Crippen LogP contribution in [0.2, 0.25) is 0 Å². The van der Waals surface area contributed by atoms with Crippen molar-refractivity contribution in [3.8, 4) is 0 Å². The molecule has 0 aliphatic heterocycles. The normalized spacial score (nSPS) is 11.8. The van der Waals surface area contributed by atoms with Crippen molar-refractivity contribution in [2.75, 3.05) is 20.3 Å². The lowest BCUT2D eigenvalue weighted by atomic mass is 10.2. The van der Waals surface area contributed by atoms with Crippen LogP contribution in [0.25, 0.3) is 0 Å². The molecule has 1 aromatic rings. The summed E-state index contributed by atoms with van der Waals surface area (Å²) in [5.74, 6) is -2.76. The molecule has 1 aromatic carbocycles. The third-order valence-electron chi connectivity index (χ3n) is 2.59. The molecule has 20 heavy (non-hydrogen) atoms. The van der Waals surface area contributed by atoms with Gasteiger partial charge in [0.25, 0.3) is 0 Å². The van der Waals surface area contributed by atoms with Crippen molar-refractivity contribution in [3.05, 3.63) is 29.3 Å². The molecule has 0 bridgehead atoms. The summed E-state index contributed by atoms with van der Waals surface area (Å²) in [7, 11) is -2.62. The molecular formula is C12H17F2NO4S. The molecule has 0 spiro atoms. The van der Waals surface area contributed by atoms with Gasteiger partial charge in [0.2, 0.25) is 10.0 Å². The predicted octanol–water partition coefficient (Wildman–Crippen LogP) is 1.16. The maximum Gasteiger partial charge on any atom is 0.243 e. The zero-order chi connectivity index (χ0) is 15.2. The number of ether oxygens (including phenoxy) is 1. The number of halogens is 2. The number of hydrogen-bond donors (Lipinski definition) is 2. The highest BCUT2D eigenvalue weighted by Crippen LogP contribution is 2.19. The largest absolute Gasteiger partial charge is 0.392 e. The molecule has 0 fully saturated rings. The molecule has 0 aliphatic carbocycles. The first kappa shape index (κ1) is 17.0. The number of unbranched alkanes of at least 4 members (excludes halogenated alkanes) is 1. The SMILES string of the molecule is COCCCCNS(=O)(=O)c1cc(CO)cc(F)c1F. The molecule has 8 heteroatoms. The fourth-order valence-corrected chi connectivity index (χ4v) is 2.77. The molecule has 0 saturated heterocycles. The molecule has 1 rings (SSSR count). The number of benzene rings is 1. The Hall–Kier alpha value is -1.09. The van der Waals surface area contributed by atoms with E-state index >= 15 is 0 Å². The Bertz CT molecular complexity index is 549. The molecule has 0 amide bonds. The minimum absolute atomic E-state index is 0.0105. The molecule has 0 heterocycles. The van der Waals surface area contributed by atoms with Crippen LogP contribution in [0, 0.1) is 11.6 Å². The van der Waals surface area contributed by atoms with Crippen molar-refractivity contribution in [2.45, 2.75) is 24.3 Å². The molecule has 0 unspecified atom stereocenters. The predicted molar refractivity (Wildman–Crippen MR) is 68.6 cm³/mol. The monoisotopic (exact) mass is 309 g/mol. The maximum atomic E-state index is 13.5. The van der Waals surface area contributed by atoms with Crippen LogP contribution in [0.5, 0.6) is 0 Å². The van der Waals surface area contributed by atoms with E-state index in [-0.39, 0.29) is 12.1 Å². The van der Waals surface area contributed by atoms with Crippen molar-refractivity contribution in [2.24, 2.45) is 0 Å². The summed E-state index contributed by atoms with van der Waals surface area (Å²) in [6.07, 6.45) is 1.16. The number of nitrogens with one attached hydrogen (secondary N) is 1. The Morgan fingerprint density at radius 2 is 2.00 bits per heavy atom. The summed E-state index contributed by atoms with van der Waals surface area (Å²) in [6.45, 7) is 0.00831. The minimum Gasteiger partial charge on any atom is -0.392 e. The summed E-state index contributed by atoms with van der Waals surface area (Å²) in [5.41, 5.74) is -0.0105. The molecule has 0 radical (unpaired) electrons. The van der Waals surface area contributed by atoms with Gasteiger partial charge in [-0.05, 0) is 30.5 Å². The molecular weight excluding hydrogens is 292 g/mol. The third-order valence-corrected chi connectivity index (χ3v) is 4.05. The number of hydrogen-bond acceptors (Lipinski definition) is 4. The van der Waals surface area contributed by atoms with Gasteiger partial charge in [-0.1, -0.05) is 0 Å². The molecule has 0 saturated carbocycles. The highest BCUT2D eigenvalue weighted by atomic mass is 32.2. The summed E-state index contributed by atoms with van der Waals surface area (Å²) in [5, 5.41) is 8.90. The van der Waals surface area contributed by atoms with Crippen molar-refractivity contribution < 1.29 is 27.0 Å². The minimum atomic E-state index is -4.15. The van der Waals surface area contributed by atoms with Gasteiger partial charge in [-0.15, -0.1) is 0 Å². The van der Waals surface area contributed by atoms with Crippen LogP contribution in [-0.2, 0) is 21.4 Å². The number of aliphatic hydroxyl groups excluding tert-OH is 1. The lowest BCUT2D eigenvalue weighted by Crippen LogP contribution is -2.26. The first-order valence-electron chi connectivity index (χ1n) is 5.99. The highest BCUT2D eigenvalue weighted by Gasteiger charge is 2.22. The van der Waals surface area contributed by atoms with Crippen LogP contribution >= 0.6 is 0 Å². The lowest BCUT2D eigenvalue weighted by Gasteiger charge is -2.09. The molecule has 5 nitrogen and oxygen atoms in total. The van der Waals surface area contributed by atoms with Gasteiger partial charge in [-0.25, -0.2) is 21.9 Å². The standard InChI is InChI=1S/C12H17F2NO4S/c1-19-5-3-2-4-15-20(17,18)11-7-9(8-16)6-10(13)12(11)14/h6-7,15-16H,2-5,8H2,1H3. The molecule has 0 aliphatic rings. The molecule has 2 N–H and O–H groups in total. The van der Waals surface area contributed by atoms with Crippen molar-refractivity contribution in [3.63, 3.8) is 0 Å². The average molecular weight is 309 g/mol. The second-order valence-corrected chi connectivity index (χ2v) is 5.88. The van der Waals surface area contributed by atoms with Crippen LogP contribution < -0.4 is 4.72 Å². The van der Waals surface area contributed by atoms with Gasteiger partial charge in [-0.3, -0.25) is 0 Å². The van der Waals surface area contributed by atoms with Crippen molar-refractivity contribution in [1.82, 2.24) is 4.72 Å². The number of sulfonamides is 1. The van der Waals surface area contributed by atoms with E-state index in [9.17, 15) is 17.2 Å². The maximum absolute atomic E-state index is 13.5. The van der Waals surface area contributed by atoms with Gasteiger partial charge in [-0.2, -0.15) is 0 Å². The molecule has 0 aromatic heterocycles. The van der Waals surface area contributed by atoms with Gasteiger partial charge in [0.05, 0.1) is 6.61 Å².